The fourth-order valence-electron chi connectivity index (χ4n) is 3.32. The Morgan fingerprint density at radius 1 is 1.25 bits per heavy atom. The Bertz CT molecular complexity index is 617. The molecule has 0 radical (unpaired) electrons. The van der Waals surface area contributed by atoms with Crippen molar-refractivity contribution in [3.05, 3.63) is 36.0 Å². The first-order valence-electron chi connectivity index (χ1n) is 7.37. The van der Waals surface area contributed by atoms with Gasteiger partial charge in [0.25, 0.3) is 0 Å². The standard InChI is InChI=1S/C17H22N2O/c1-13-11-16(14-7-3-4-8-15(14)18-13)19(2)12-17(20)9-5-6-10-17/h3-4,7-8,11,20H,5-6,9-10,12H2,1-2H3. The number of para-hydroxylation sites is 1. The second kappa shape index (κ2) is 5.06. The normalized spacial score (nSPS) is 17.6. The molecule has 1 aliphatic rings. The zero-order valence-corrected chi connectivity index (χ0v) is 12.3. The lowest BCUT2D eigenvalue weighted by Crippen LogP contribution is -2.39. The molecule has 0 spiro atoms. The van der Waals surface area contributed by atoms with Gasteiger partial charge in [0, 0.05) is 30.4 Å². The molecule has 1 fully saturated rings. The van der Waals surface area contributed by atoms with E-state index in [-0.39, 0.29) is 0 Å². The summed E-state index contributed by atoms with van der Waals surface area (Å²) in [6.07, 6.45) is 4.11. The molecule has 1 aromatic heterocycles. The number of likely N-dealkylation sites (N-methyl/N-ethyl adjacent to an activating group) is 1. The molecule has 1 heterocycles. The van der Waals surface area contributed by atoms with E-state index in [9.17, 15) is 5.11 Å². The highest BCUT2D eigenvalue weighted by molar-refractivity contribution is 5.91. The first-order valence-corrected chi connectivity index (χ1v) is 7.37. The first-order chi connectivity index (χ1) is 9.57. The third-order valence-corrected chi connectivity index (χ3v) is 4.30. The number of nitrogens with zero attached hydrogens (tertiary/aromatic N) is 2. The minimum absolute atomic E-state index is 0.521. The van der Waals surface area contributed by atoms with Crippen LogP contribution in [0.15, 0.2) is 30.3 Å². The highest BCUT2D eigenvalue weighted by atomic mass is 16.3. The molecule has 3 nitrogen and oxygen atoms in total. The topological polar surface area (TPSA) is 36.4 Å². The Hall–Kier alpha value is -1.61. The Kier molecular flexibility index (Phi) is 3.38. The summed E-state index contributed by atoms with van der Waals surface area (Å²) in [6.45, 7) is 2.72. The van der Waals surface area contributed by atoms with Crippen LogP contribution in [0.25, 0.3) is 10.9 Å². The van der Waals surface area contributed by atoms with Crippen molar-refractivity contribution in [2.24, 2.45) is 0 Å². The number of aliphatic hydroxyl groups is 1. The number of hydrogen-bond donors (Lipinski definition) is 1. The van der Waals surface area contributed by atoms with E-state index in [0.29, 0.717) is 6.54 Å². The molecule has 0 amide bonds. The zero-order chi connectivity index (χ0) is 14.2. The molecular weight excluding hydrogens is 248 g/mol. The van der Waals surface area contributed by atoms with Gasteiger partial charge in [-0.2, -0.15) is 0 Å². The van der Waals surface area contributed by atoms with E-state index in [4.69, 9.17) is 0 Å². The second-order valence-corrected chi connectivity index (χ2v) is 6.09. The van der Waals surface area contributed by atoms with Crippen molar-refractivity contribution >= 4 is 16.6 Å². The number of benzene rings is 1. The molecule has 1 N–H and O–H groups in total. The Balaban J connectivity index is 1.96. The summed E-state index contributed by atoms with van der Waals surface area (Å²) in [7, 11) is 2.07. The van der Waals surface area contributed by atoms with Gasteiger partial charge in [0.05, 0.1) is 11.1 Å². The highest BCUT2D eigenvalue weighted by Gasteiger charge is 2.32. The smallest absolute Gasteiger partial charge is 0.0821 e. The summed E-state index contributed by atoms with van der Waals surface area (Å²) < 4.78 is 0. The molecule has 0 aliphatic heterocycles. The Labute approximate surface area is 120 Å². The Morgan fingerprint density at radius 2 is 1.95 bits per heavy atom. The molecule has 1 aliphatic carbocycles. The number of anilines is 1. The fourth-order valence-corrected chi connectivity index (χ4v) is 3.32. The lowest BCUT2D eigenvalue weighted by atomic mass is 10.0. The molecule has 20 heavy (non-hydrogen) atoms. The van der Waals surface area contributed by atoms with Crippen molar-refractivity contribution in [3.63, 3.8) is 0 Å². The van der Waals surface area contributed by atoms with Crippen LogP contribution in [0.4, 0.5) is 5.69 Å². The second-order valence-electron chi connectivity index (χ2n) is 6.09. The minimum Gasteiger partial charge on any atom is -0.388 e. The van der Waals surface area contributed by atoms with Crippen molar-refractivity contribution in [1.82, 2.24) is 4.98 Å². The number of hydrogen-bond acceptors (Lipinski definition) is 3. The number of aromatic nitrogens is 1. The average molecular weight is 270 g/mol. The van der Waals surface area contributed by atoms with Gasteiger partial charge in [0.1, 0.15) is 0 Å². The lowest BCUT2D eigenvalue weighted by molar-refractivity contribution is 0.0560. The van der Waals surface area contributed by atoms with Crippen LogP contribution in [0.1, 0.15) is 31.4 Å². The quantitative estimate of drug-likeness (QED) is 0.929. The van der Waals surface area contributed by atoms with Crippen molar-refractivity contribution in [1.29, 1.82) is 0 Å². The van der Waals surface area contributed by atoms with Crippen LogP contribution in [-0.4, -0.2) is 29.3 Å². The largest absolute Gasteiger partial charge is 0.388 e. The highest BCUT2D eigenvalue weighted by Crippen LogP contribution is 2.33. The van der Waals surface area contributed by atoms with E-state index in [1.165, 1.54) is 0 Å². The van der Waals surface area contributed by atoms with Gasteiger partial charge in [0.15, 0.2) is 0 Å². The van der Waals surface area contributed by atoms with E-state index >= 15 is 0 Å². The average Bonchev–Trinajstić information content (AvgIpc) is 2.84. The van der Waals surface area contributed by atoms with Gasteiger partial charge < -0.3 is 10.0 Å². The van der Waals surface area contributed by atoms with Gasteiger partial charge in [-0.25, -0.2) is 0 Å². The van der Waals surface area contributed by atoms with Gasteiger partial charge in [0.2, 0.25) is 0 Å². The molecule has 3 rings (SSSR count). The molecule has 1 aromatic carbocycles. The maximum atomic E-state index is 10.6. The number of aryl methyl sites for hydroxylation is 1. The number of fused-ring (bicyclic) bond motifs is 1. The molecule has 0 atom stereocenters. The summed E-state index contributed by atoms with van der Waals surface area (Å²) in [5.74, 6) is 0. The molecule has 2 aromatic rings. The third-order valence-electron chi connectivity index (χ3n) is 4.30. The molecule has 106 valence electrons. The SMILES string of the molecule is Cc1cc(N(C)CC2(O)CCCC2)c2ccccc2n1. The monoisotopic (exact) mass is 270 g/mol. The van der Waals surface area contributed by atoms with E-state index < -0.39 is 5.60 Å². The van der Waals surface area contributed by atoms with Crippen LogP contribution >= 0.6 is 0 Å². The molecule has 1 saturated carbocycles. The van der Waals surface area contributed by atoms with Gasteiger partial charge >= 0.3 is 0 Å². The summed E-state index contributed by atoms with van der Waals surface area (Å²) in [4.78, 5) is 6.76. The van der Waals surface area contributed by atoms with Gasteiger partial charge in [-0.15, -0.1) is 0 Å². The van der Waals surface area contributed by atoms with Crippen molar-refractivity contribution in [3.8, 4) is 0 Å². The molecule has 0 saturated heterocycles. The van der Waals surface area contributed by atoms with Crippen LogP contribution in [0.3, 0.4) is 0 Å². The van der Waals surface area contributed by atoms with Crippen LogP contribution in [-0.2, 0) is 0 Å². The number of rotatable bonds is 3. The predicted octanol–water partition coefficient (Wildman–Crippen LogP) is 3.28. The van der Waals surface area contributed by atoms with Crippen LogP contribution in [0.5, 0.6) is 0 Å². The summed E-state index contributed by atoms with van der Waals surface area (Å²) in [6, 6.07) is 10.3. The molecule has 3 heteroatoms. The summed E-state index contributed by atoms with van der Waals surface area (Å²) in [5, 5.41) is 11.8. The van der Waals surface area contributed by atoms with Crippen LogP contribution < -0.4 is 4.90 Å². The number of pyridine rings is 1. The van der Waals surface area contributed by atoms with Gasteiger partial charge in [-0.1, -0.05) is 31.0 Å². The van der Waals surface area contributed by atoms with Crippen LogP contribution in [0.2, 0.25) is 0 Å². The van der Waals surface area contributed by atoms with E-state index in [0.717, 1.165) is 48.0 Å². The van der Waals surface area contributed by atoms with E-state index in [1.54, 1.807) is 0 Å². The summed E-state index contributed by atoms with van der Waals surface area (Å²) in [5.41, 5.74) is 2.68. The van der Waals surface area contributed by atoms with Crippen molar-refractivity contribution in [2.75, 3.05) is 18.5 Å². The maximum absolute atomic E-state index is 10.6. The minimum atomic E-state index is -0.521. The molecule has 0 unspecified atom stereocenters. The Morgan fingerprint density at radius 3 is 2.70 bits per heavy atom. The predicted molar refractivity (Wildman–Crippen MR) is 83.2 cm³/mol. The molecular formula is C17H22N2O. The van der Waals surface area contributed by atoms with Gasteiger partial charge in [-0.3, -0.25) is 4.98 Å². The van der Waals surface area contributed by atoms with E-state index in [1.807, 2.05) is 25.1 Å². The van der Waals surface area contributed by atoms with Crippen molar-refractivity contribution < 1.29 is 5.11 Å². The van der Waals surface area contributed by atoms with E-state index in [2.05, 4.69) is 29.1 Å². The zero-order valence-electron chi connectivity index (χ0n) is 12.3. The lowest BCUT2D eigenvalue weighted by Gasteiger charge is -2.30. The fraction of sp³-hybridized carbons (Fsp3) is 0.471. The first kappa shape index (κ1) is 13.4. The van der Waals surface area contributed by atoms with Crippen LogP contribution in [0, 0.1) is 6.92 Å². The molecule has 0 bridgehead atoms. The maximum Gasteiger partial charge on any atom is 0.0821 e. The third kappa shape index (κ3) is 2.50. The van der Waals surface area contributed by atoms with Crippen molar-refractivity contribution in [2.45, 2.75) is 38.2 Å². The van der Waals surface area contributed by atoms with Gasteiger partial charge in [-0.05, 0) is 31.9 Å². The summed E-state index contributed by atoms with van der Waals surface area (Å²) >= 11 is 0.